The molecule has 4 atom stereocenters. The van der Waals surface area contributed by atoms with Gasteiger partial charge in [-0.1, -0.05) is 12.2 Å². The van der Waals surface area contributed by atoms with Gasteiger partial charge >= 0.3 is 11.9 Å². The van der Waals surface area contributed by atoms with Gasteiger partial charge in [-0.05, 0) is 0 Å². The normalized spacial score (nSPS) is 23.5. The number of imidazole rings is 1. The van der Waals surface area contributed by atoms with Gasteiger partial charge in [-0.15, -0.1) is 0 Å². The Balaban J connectivity index is 1.95. The zero-order chi connectivity index (χ0) is 18.8. The lowest BCUT2D eigenvalue weighted by Gasteiger charge is -2.20. The molecule has 1 N–H and O–H groups in total. The average Bonchev–Trinajstić information content (AvgIpc) is 3.16. The third-order valence-electron chi connectivity index (χ3n) is 3.87. The molecule has 26 heavy (non-hydrogen) atoms. The molecule has 1 fully saturated rings. The number of aldehydes is 1. The van der Waals surface area contributed by atoms with E-state index in [1.165, 1.54) is 26.5 Å². The number of H-pyrrole nitrogens is 1. The molecule has 10 nitrogen and oxygen atoms in total. The maximum absolute atomic E-state index is 11.5. The maximum Gasteiger partial charge on any atom is 0.303 e. The second-order valence-corrected chi connectivity index (χ2v) is 6.10. The highest BCUT2D eigenvalue weighted by Gasteiger charge is 2.44. The van der Waals surface area contributed by atoms with E-state index in [-0.39, 0.29) is 6.42 Å². The van der Waals surface area contributed by atoms with E-state index in [9.17, 15) is 14.4 Å². The first-order valence-electron chi connectivity index (χ1n) is 7.76. The predicted molar refractivity (Wildman–Crippen MR) is 88.4 cm³/mol. The first-order chi connectivity index (χ1) is 12.4. The summed E-state index contributed by atoms with van der Waals surface area (Å²) in [5.41, 5.74) is 0.992. The summed E-state index contributed by atoms with van der Waals surface area (Å²) in [6, 6.07) is 0. The number of esters is 2. The molecule has 1 aliphatic heterocycles. The van der Waals surface area contributed by atoms with E-state index in [2.05, 4.69) is 15.0 Å². The summed E-state index contributed by atoms with van der Waals surface area (Å²) in [4.78, 5) is 45.0. The van der Waals surface area contributed by atoms with Crippen molar-refractivity contribution in [2.75, 3.05) is 0 Å². The summed E-state index contributed by atoms with van der Waals surface area (Å²) < 4.78 is 18.1. The largest absolute Gasteiger partial charge is 0.458 e. The third kappa shape index (κ3) is 3.48. The minimum absolute atomic E-state index is 0.173. The Kier molecular flexibility index (Phi) is 5.09. The van der Waals surface area contributed by atoms with E-state index >= 15 is 0 Å². The summed E-state index contributed by atoms with van der Waals surface area (Å²) in [7, 11) is 0. The topological polar surface area (TPSA) is 125 Å². The summed E-state index contributed by atoms with van der Waals surface area (Å²) in [6.45, 7) is 2.47. The van der Waals surface area contributed by atoms with Gasteiger partial charge in [0.25, 0.3) is 0 Å². The van der Waals surface area contributed by atoms with Gasteiger partial charge < -0.3 is 19.2 Å². The predicted octanol–water partition coefficient (Wildman–Crippen LogP) is 0.839. The van der Waals surface area contributed by atoms with E-state index in [4.69, 9.17) is 26.4 Å². The van der Waals surface area contributed by atoms with Crippen molar-refractivity contribution in [3.05, 3.63) is 17.3 Å². The second-order valence-electron chi connectivity index (χ2n) is 5.72. The van der Waals surface area contributed by atoms with E-state index in [0.717, 1.165) is 0 Å². The van der Waals surface area contributed by atoms with Crippen LogP contribution in [0, 0.1) is 4.64 Å². The molecule has 11 heteroatoms. The third-order valence-corrected chi connectivity index (χ3v) is 4.17. The Morgan fingerprint density at radius 3 is 2.85 bits per heavy atom. The second kappa shape index (κ2) is 7.30. The molecule has 0 spiro atoms. The lowest BCUT2D eigenvalue weighted by atomic mass is 10.1. The molecule has 0 amide bonds. The Morgan fingerprint density at radius 2 is 2.19 bits per heavy atom. The Hall–Kier alpha value is -2.66. The molecule has 1 saturated heterocycles. The number of fused-ring (bicyclic) bond motifs is 1. The molecule has 0 aromatic carbocycles. The van der Waals surface area contributed by atoms with Crippen LogP contribution in [0.1, 0.15) is 26.5 Å². The van der Waals surface area contributed by atoms with Crippen LogP contribution in [-0.2, 0) is 28.6 Å². The fraction of sp³-hybridized carbons (Fsp3) is 0.467. The molecule has 2 aromatic rings. The van der Waals surface area contributed by atoms with E-state index < -0.39 is 36.5 Å². The van der Waals surface area contributed by atoms with Crippen LogP contribution in [0.25, 0.3) is 11.2 Å². The number of carbonyl (C=O) groups excluding carboxylic acids is 3. The van der Waals surface area contributed by atoms with Crippen molar-refractivity contribution in [1.29, 1.82) is 0 Å². The highest BCUT2D eigenvalue weighted by molar-refractivity contribution is 7.71. The SMILES string of the molecule is CC(=O)O[C@H](C=O)[C@@H]1C[C@@H](OC(C)=O)[C@@H](n2cnc3c(=S)nc[nH]c32)O1. The number of aromatic amines is 1. The highest BCUT2D eigenvalue weighted by Crippen LogP contribution is 2.35. The first-order valence-corrected chi connectivity index (χ1v) is 8.17. The summed E-state index contributed by atoms with van der Waals surface area (Å²) >= 11 is 5.14. The molecular formula is C15H16N4O6S. The van der Waals surface area contributed by atoms with Gasteiger partial charge in [-0.2, -0.15) is 0 Å². The number of ether oxygens (including phenoxy) is 3. The van der Waals surface area contributed by atoms with Crippen molar-refractivity contribution in [3.63, 3.8) is 0 Å². The number of rotatable bonds is 5. The van der Waals surface area contributed by atoms with E-state index in [1.54, 1.807) is 4.57 Å². The maximum atomic E-state index is 11.5. The molecule has 0 bridgehead atoms. The smallest absolute Gasteiger partial charge is 0.303 e. The molecular weight excluding hydrogens is 364 g/mol. The zero-order valence-corrected chi connectivity index (χ0v) is 14.8. The highest BCUT2D eigenvalue weighted by atomic mass is 32.1. The lowest BCUT2D eigenvalue weighted by Crippen LogP contribution is -2.32. The van der Waals surface area contributed by atoms with Crippen LogP contribution in [0.15, 0.2) is 12.7 Å². The lowest BCUT2D eigenvalue weighted by molar-refractivity contribution is -0.160. The molecule has 3 heterocycles. The van der Waals surface area contributed by atoms with Crippen molar-refractivity contribution in [2.24, 2.45) is 0 Å². The number of nitrogens with one attached hydrogen (secondary N) is 1. The summed E-state index contributed by atoms with van der Waals surface area (Å²) in [5.74, 6) is -1.11. The summed E-state index contributed by atoms with van der Waals surface area (Å²) in [5, 5.41) is 0. The molecule has 0 unspecified atom stereocenters. The summed E-state index contributed by atoms with van der Waals surface area (Å²) in [6.07, 6.45) is 0.198. The standard InChI is InChI=1S/C15H16N4O6S/c1-7(21)23-10-3-9(11(4-20)24-8(2)22)25-15(10)19-6-18-12-13(19)16-5-17-14(12)26/h4-6,9-11,15H,3H2,1-2H3,(H,16,17,26)/t9-,10+,11+,15-/m0/s1. The molecule has 0 radical (unpaired) electrons. The van der Waals surface area contributed by atoms with Crippen molar-refractivity contribution in [3.8, 4) is 0 Å². The number of hydrogen-bond donors (Lipinski definition) is 1. The van der Waals surface area contributed by atoms with Gasteiger partial charge in [0.1, 0.15) is 23.4 Å². The van der Waals surface area contributed by atoms with Crippen molar-refractivity contribution in [1.82, 2.24) is 19.5 Å². The van der Waals surface area contributed by atoms with Crippen LogP contribution in [-0.4, -0.2) is 56.1 Å². The van der Waals surface area contributed by atoms with Crippen LogP contribution in [0.2, 0.25) is 0 Å². The fourth-order valence-corrected chi connectivity index (χ4v) is 3.10. The quantitative estimate of drug-likeness (QED) is 0.456. The average molecular weight is 380 g/mol. The van der Waals surface area contributed by atoms with Gasteiger partial charge in [0.15, 0.2) is 23.3 Å². The van der Waals surface area contributed by atoms with E-state index in [0.29, 0.717) is 22.1 Å². The Bertz CT molecular complexity index is 909. The molecule has 1 aliphatic rings. The number of nitrogens with zero attached hydrogens (tertiary/aromatic N) is 3. The Labute approximate surface area is 152 Å². The number of carbonyl (C=O) groups is 3. The van der Waals surface area contributed by atoms with Crippen LogP contribution in [0.4, 0.5) is 0 Å². The number of aromatic nitrogens is 4. The van der Waals surface area contributed by atoms with Crippen LogP contribution in [0.3, 0.4) is 0 Å². The van der Waals surface area contributed by atoms with Crippen LogP contribution >= 0.6 is 12.2 Å². The van der Waals surface area contributed by atoms with Gasteiger partial charge in [0.05, 0.1) is 12.7 Å². The van der Waals surface area contributed by atoms with Gasteiger partial charge in [-0.3, -0.25) is 19.0 Å². The molecule has 2 aromatic heterocycles. The van der Waals surface area contributed by atoms with Gasteiger partial charge in [0, 0.05) is 20.3 Å². The molecule has 138 valence electrons. The molecule has 0 aliphatic carbocycles. The fourth-order valence-electron chi connectivity index (χ4n) is 2.89. The van der Waals surface area contributed by atoms with Crippen molar-refractivity contribution >= 4 is 41.6 Å². The zero-order valence-electron chi connectivity index (χ0n) is 13.9. The van der Waals surface area contributed by atoms with Crippen molar-refractivity contribution < 1.29 is 28.6 Å². The minimum atomic E-state index is -1.11. The Morgan fingerprint density at radius 1 is 1.42 bits per heavy atom. The molecule has 0 saturated carbocycles. The van der Waals surface area contributed by atoms with Crippen molar-refractivity contribution in [2.45, 2.75) is 44.8 Å². The first kappa shape index (κ1) is 18.1. The van der Waals surface area contributed by atoms with Crippen LogP contribution in [0.5, 0.6) is 0 Å². The van der Waals surface area contributed by atoms with Gasteiger partial charge in [0.2, 0.25) is 0 Å². The van der Waals surface area contributed by atoms with Gasteiger partial charge in [-0.25, -0.2) is 9.97 Å². The minimum Gasteiger partial charge on any atom is -0.458 e. The molecule has 3 rings (SSSR count). The van der Waals surface area contributed by atoms with E-state index in [1.807, 2.05) is 0 Å². The number of hydrogen-bond acceptors (Lipinski definition) is 9. The monoisotopic (exact) mass is 380 g/mol. The van der Waals surface area contributed by atoms with Crippen LogP contribution < -0.4 is 0 Å².